The Labute approximate surface area is 246 Å². The van der Waals surface area contributed by atoms with Crippen molar-refractivity contribution in [2.24, 2.45) is 0 Å². The van der Waals surface area contributed by atoms with Crippen LogP contribution < -0.4 is 18.4 Å². The van der Waals surface area contributed by atoms with E-state index >= 15 is 17.6 Å². The molecule has 0 heterocycles. The fraction of sp³-hybridized carbons (Fsp3) is 0.412. The second-order valence-electron chi connectivity index (χ2n) is 12.5. The van der Waals surface area contributed by atoms with E-state index in [1.54, 1.807) is 24.3 Å². The quantitative estimate of drug-likeness (QED) is 0.187. The Bertz CT molecular complexity index is 1260. The molecule has 0 saturated heterocycles. The molecule has 0 aliphatic heterocycles. The molecule has 0 aromatic heterocycles. The Morgan fingerprint density at radius 3 is 1.27 bits per heavy atom. The van der Waals surface area contributed by atoms with Crippen molar-refractivity contribution in [3.05, 3.63) is 96.1 Å². The molecule has 0 bridgehead atoms. The third-order valence-corrected chi connectivity index (χ3v) is 16.8. The van der Waals surface area contributed by atoms with Crippen LogP contribution in [0.15, 0.2) is 72.9 Å². The summed E-state index contributed by atoms with van der Waals surface area (Å²) in [5, 5.41) is 6.52. The van der Waals surface area contributed by atoms with Crippen LogP contribution in [-0.4, -0.2) is 11.1 Å². The summed E-state index contributed by atoms with van der Waals surface area (Å²) in [6.07, 6.45) is 17.9. The van der Waals surface area contributed by atoms with E-state index < -0.39 is 59.4 Å². The third kappa shape index (κ3) is 6.15. The molecule has 2 aromatic carbocycles. The average Bonchev–Trinajstić information content (AvgIpc) is 3.62. The van der Waals surface area contributed by atoms with Gasteiger partial charge in [-0.2, -0.15) is 0 Å². The average molecular weight is 603 g/mol. The minimum absolute atomic E-state index is 0.144. The van der Waals surface area contributed by atoms with Gasteiger partial charge in [-0.1, -0.05) is 0 Å². The van der Waals surface area contributed by atoms with Crippen LogP contribution in [0.25, 0.3) is 0 Å². The molecule has 0 radical (unpaired) electrons. The van der Waals surface area contributed by atoms with Gasteiger partial charge in [-0.15, -0.1) is 0 Å². The molecule has 2 aromatic rings. The Morgan fingerprint density at radius 1 is 0.610 bits per heavy atom. The number of benzene rings is 2. The molecule has 0 atom stereocenters. The van der Waals surface area contributed by atoms with Gasteiger partial charge in [0.15, 0.2) is 0 Å². The van der Waals surface area contributed by atoms with E-state index in [0.717, 1.165) is 25.7 Å². The van der Waals surface area contributed by atoms with Crippen LogP contribution in [0.2, 0.25) is 8.45 Å². The molecular weight excluding hydrogens is 560 g/mol. The SMILES string of the molecule is CCCC(C)(C)Nc1ccc(F)[c]([Ti]([c]2c(F)ccc(NC(C)(C)CCC)c2F)([CH]2C=CC=C2)[CH]2C=CC=C2)c1F. The molecule has 2 aliphatic rings. The maximum atomic E-state index is 16.9. The summed E-state index contributed by atoms with van der Waals surface area (Å²) in [5.41, 5.74) is -0.644. The van der Waals surface area contributed by atoms with Crippen LogP contribution in [0.5, 0.6) is 0 Å². The number of rotatable bonds is 12. The van der Waals surface area contributed by atoms with Crippen molar-refractivity contribution in [2.45, 2.75) is 86.7 Å². The molecule has 0 amide bonds. The van der Waals surface area contributed by atoms with E-state index in [1.807, 2.05) is 65.8 Å². The van der Waals surface area contributed by atoms with Crippen molar-refractivity contribution in [3.8, 4) is 0 Å². The summed E-state index contributed by atoms with van der Waals surface area (Å²) in [7, 11) is 0. The molecule has 4 rings (SSSR count). The first-order valence-electron chi connectivity index (χ1n) is 14.6. The van der Waals surface area contributed by atoms with Gasteiger partial charge in [-0.05, 0) is 0 Å². The molecule has 2 aliphatic carbocycles. The number of anilines is 2. The van der Waals surface area contributed by atoms with Gasteiger partial charge in [0.1, 0.15) is 0 Å². The molecule has 0 spiro atoms. The zero-order valence-electron chi connectivity index (χ0n) is 24.9. The summed E-state index contributed by atoms with van der Waals surface area (Å²) in [6.45, 7) is 11.9. The van der Waals surface area contributed by atoms with Gasteiger partial charge < -0.3 is 0 Å². The fourth-order valence-electron chi connectivity index (χ4n) is 6.65. The van der Waals surface area contributed by atoms with Gasteiger partial charge >= 0.3 is 247 Å². The molecule has 2 N–H and O–H groups in total. The van der Waals surface area contributed by atoms with Crippen LogP contribution in [0.4, 0.5) is 28.9 Å². The zero-order valence-corrected chi connectivity index (χ0v) is 26.5. The molecule has 2 nitrogen and oxygen atoms in total. The van der Waals surface area contributed by atoms with Crippen LogP contribution >= 0.6 is 0 Å². The predicted octanol–water partition coefficient (Wildman–Crippen LogP) is 9.16. The predicted molar refractivity (Wildman–Crippen MR) is 161 cm³/mol. The van der Waals surface area contributed by atoms with E-state index in [1.165, 1.54) is 24.3 Å². The summed E-state index contributed by atoms with van der Waals surface area (Å²) in [4.78, 5) is 0. The summed E-state index contributed by atoms with van der Waals surface area (Å²) >= 11 is -4.82. The number of hydrogen-bond donors (Lipinski definition) is 2. The topological polar surface area (TPSA) is 24.1 Å². The van der Waals surface area contributed by atoms with Crippen LogP contribution in [0, 0.1) is 23.3 Å². The van der Waals surface area contributed by atoms with E-state index in [0.29, 0.717) is 0 Å². The molecule has 0 saturated carbocycles. The molecule has 41 heavy (non-hydrogen) atoms. The minimum atomic E-state index is -4.82. The normalized spacial score (nSPS) is 15.9. The van der Waals surface area contributed by atoms with Gasteiger partial charge in [-0.3, -0.25) is 0 Å². The van der Waals surface area contributed by atoms with E-state index in [4.69, 9.17) is 0 Å². The van der Waals surface area contributed by atoms with Crippen LogP contribution in [0.1, 0.15) is 67.2 Å². The van der Waals surface area contributed by atoms with Crippen LogP contribution in [0.3, 0.4) is 0 Å². The molecule has 0 unspecified atom stereocenters. The molecular formula is C34H42F4N2Ti. The Morgan fingerprint density at radius 2 is 0.951 bits per heavy atom. The second-order valence-corrected chi connectivity index (χ2v) is 18.9. The van der Waals surface area contributed by atoms with Crippen molar-refractivity contribution in [1.82, 2.24) is 0 Å². The van der Waals surface area contributed by atoms with Crippen molar-refractivity contribution < 1.29 is 34.2 Å². The Kier molecular flexibility index (Phi) is 9.45. The van der Waals surface area contributed by atoms with Crippen molar-refractivity contribution >= 4 is 19.1 Å². The van der Waals surface area contributed by atoms with Gasteiger partial charge in [0.25, 0.3) is 0 Å². The van der Waals surface area contributed by atoms with Gasteiger partial charge in [0.2, 0.25) is 0 Å². The first-order chi connectivity index (χ1) is 19.4. The van der Waals surface area contributed by atoms with E-state index in [-0.39, 0.29) is 19.1 Å². The molecule has 0 fully saturated rings. The molecule has 7 heteroatoms. The summed E-state index contributed by atoms with van der Waals surface area (Å²) < 4.78 is 64.9. The third-order valence-electron chi connectivity index (χ3n) is 8.25. The van der Waals surface area contributed by atoms with Gasteiger partial charge in [0.05, 0.1) is 0 Å². The van der Waals surface area contributed by atoms with E-state index in [2.05, 4.69) is 10.6 Å². The number of nitrogens with one attached hydrogen (secondary N) is 2. The first kappa shape index (κ1) is 31.4. The van der Waals surface area contributed by atoms with E-state index in [9.17, 15) is 0 Å². The fourth-order valence-corrected chi connectivity index (χ4v) is 15.5. The van der Waals surface area contributed by atoms with Crippen LogP contribution in [-0.2, 0) is 16.6 Å². The van der Waals surface area contributed by atoms with Gasteiger partial charge in [0, 0.05) is 0 Å². The van der Waals surface area contributed by atoms with Crippen molar-refractivity contribution in [1.29, 1.82) is 0 Å². The second kappa shape index (κ2) is 12.3. The number of hydrogen-bond acceptors (Lipinski definition) is 2. The van der Waals surface area contributed by atoms with Gasteiger partial charge in [-0.25, -0.2) is 0 Å². The Balaban J connectivity index is 2.07. The van der Waals surface area contributed by atoms with Crippen molar-refractivity contribution in [3.63, 3.8) is 0 Å². The first-order valence-corrected chi connectivity index (χ1v) is 18.0. The monoisotopic (exact) mass is 602 g/mol. The number of halogens is 4. The van der Waals surface area contributed by atoms with Crippen molar-refractivity contribution in [2.75, 3.05) is 10.6 Å². The number of allylic oxidation sites excluding steroid dienone is 8. The summed E-state index contributed by atoms with van der Waals surface area (Å²) in [6, 6.07) is 5.29. The Hall–Kier alpha value is -2.57. The standard InChI is InChI=1S/2C12H16F2N.2C5H5.Ti/c2*1-4-7-12(2,3)15-11-6-5-9(13)8-10(11)14;2*1-2-4-5-3-1;/h2*5-6,15H,4,7H2,1-3H3;2*1-5H;. The maximum absolute atomic E-state index is 16.9. The summed E-state index contributed by atoms with van der Waals surface area (Å²) in [5.74, 6) is -3.07. The molecule has 220 valence electrons. The zero-order chi connectivity index (χ0) is 30.0.